The van der Waals surface area contributed by atoms with Gasteiger partial charge in [-0.3, -0.25) is 9.69 Å². The van der Waals surface area contributed by atoms with Crippen LogP contribution in [-0.4, -0.2) is 31.0 Å². The van der Waals surface area contributed by atoms with Crippen molar-refractivity contribution in [3.8, 4) is 5.75 Å². The lowest BCUT2D eigenvalue weighted by atomic mass is 10.0. The van der Waals surface area contributed by atoms with Gasteiger partial charge in [-0.15, -0.1) is 0 Å². The Labute approximate surface area is 121 Å². The zero-order valence-corrected chi connectivity index (χ0v) is 11.7. The van der Waals surface area contributed by atoms with Crippen molar-refractivity contribution in [3.05, 3.63) is 47.7 Å². The van der Waals surface area contributed by atoms with E-state index in [1.807, 2.05) is 36.4 Å². The SMILES string of the molecule is COc1ccc(/C=C2\NC(=O)N(C)C2=O)c2ccccc12. The van der Waals surface area contributed by atoms with Gasteiger partial charge in [0.05, 0.1) is 7.11 Å². The Morgan fingerprint density at radius 3 is 2.43 bits per heavy atom. The summed E-state index contributed by atoms with van der Waals surface area (Å²) in [4.78, 5) is 24.5. The molecule has 2 aromatic rings. The van der Waals surface area contributed by atoms with Gasteiger partial charge < -0.3 is 10.1 Å². The van der Waals surface area contributed by atoms with Crippen LogP contribution in [0, 0.1) is 0 Å². The lowest BCUT2D eigenvalue weighted by molar-refractivity contribution is -0.121. The molecule has 106 valence electrons. The highest BCUT2D eigenvalue weighted by Crippen LogP contribution is 2.29. The number of carbonyl (C=O) groups is 2. The van der Waals surface area contributed by atoms with E-state index in [0.29, 0.717) is 0 Å². The van der Waals surface area contributed by atoms with E-state index in [-0.39, 0.29) is 11.6 Å². The molecule has 0 bridgehead atoms. The number of ether oxygens (including phenoxy) is 1. The van der Waals surface area contributed by atoms with Crippen molar-refractivity contribution in [1.82, 2.24) is 10.2 Å². The molecule has 1 N–H and O–H groups in total. The highest BCUT2D eigenvalue weighted by Gasteiger charge is 2.30. The van der Waals surface area contributed by atoms with Crippen LogP contribution in [0.5, 0.6) is 5.75 Å². The molecule has 5 heteroatoms. The van der Waals surface area contributed by atoms with Crippen LogP contribution in [0.1, 0.15) is 5.56 Å². The summed E-state index contributed by atoms with van der Waals surface area (Å²) in [5, 5.41) is 4.48. The molecule has 1 fully saturated rings. The fourth-order valence-corrected chi connectivity index (χ4v) is 2.38. The fraction of sp³-hybridized carbons (Fsp3) is 0.125. The number of imide groups is 1. The molecule has 1 aliphatic heterocycles. The summed E-state index contributed by atoms with van der Waals surface area (Å²) >= 11 is 0. The second-order valence-corrected chi connectivity index (χ2v) is 4.75. The van der Waals surface area contributed by atoms with Crippen LogP contribution in [-0.2, 0) is 4.79 Å². The summed E-state index contributed by atoms with van der Waals surface area (Å²) in [5.41, 5.74) is 1.13. The summed E-state index contributed by atoms with van der Waals surface area (Å²) in [6.07, 6.45) is 1.69. The number of benzene rings is 2. The van der Waals surface area contributed by atoms with Crippen molar-refractivity contribution in [2.24, 2.45) is 0 Å². The summed E-state index contributed by atoms with van der Waals surface area (Å²) in [6, 6.07) is 11.1. The van der Waals surface area contributed by atoms with Crippen molar-refractivity contribution in [1.29, 1.82) is 0 Å². The Balaban J connectivity index is 2.14. The van der Waals surface area contributed by atoms with Crippen LogP contribution < -0.4 is 10.1 Å². The van der Waals surface area contributed by atoms with Crippen molar-refractivity contribution >= 4 is 28.8 Å². The number of methoxy groups -OCH3 is 1. The van der Waals surface area contributed by atoms with Gasteiger partial charge >= 0.3 is 6.03 Å². The molecule has 5 nitrogen and oxygen atoms in total. The lowest BCUT2D eigenvalue weighted by Crippen LogP contribution is -2.25. The minimum atomic E-state index is -0.413. The van der Waals surface area contributed by atoms with E-state index in [1.54, 1.807) is 13.2 Å². The third-order valence-corrected chi connectivity index (χ3v) is 3.52. The highest BCUT2D eigenvalue weighted by atomic mass is 16.5. The molecule has 0 saturated carbocycles. The smallest absolute Gasteiger partial charge is 0.328 e. The zero-order chi connectivity index (χ0) is 15.0. The number of rotatable bonds is 2. The van der Waals surface area contributed by atoms with Crippen LogP contribution in [0.4, 0.5) is 4.79 Å². The standard InChI is InChI=1S/C16H14N2O3/c1-18-15(19)13(17-16(18)20)9-10-7-8-14(21-2)12-6-4-3-5-11(10)12/h3-9H,1-2H3,(H,17,20)/b13-9-. The Kier molecular flexibility index (Phi) is 3.10. The topological polar surface area (TPSA) is 58.6 Å². The van der Waals surface area contributed by atoms with Gasteiger partial charge in [-0.1, -0.05) is 30.3 Å². The Bertz CT molecular complexity index is 780. The first-order valence-corrected chi connectivity index (χ1v) is 6.48. The molecular formula is C16H14N2O3. The molecule has 1 heterocycles. The van der Waals surface area contributed by atoms with E-state index in [0.717, 1.165) is 27.0 Å². The number of nitrogens with one attached hydrogen (secondary N) is 1. The molecule has 0 atom stereocenters. The molecule has 3 amide bonds. The van der Waals surface area contributed by atoms with E-state index in [1.165, 1.54) is 7.05 Å². The van der Waals surface area contributed by atoms with Crippen LogP contribution >= 0.6 is 0 Å². The van der Waals surface area contributed by atoms with Gasteiger partial charge in [0, 0.05) is 12.4 Å². The maximum atomic E-state index is 11.9. The molecule has 0 aliphatic carbocycles. The lowest BCUT2D eigenvalue weighted by Gasteiger charge is -2.08. The second kappa shape index (κ2) is 4.94. The maximum Gasteiger partial charge on any atom is 0.328 e. The molecule has 3 rings (SSSR count). The number of hydrogen-bond acceptors (Lipinski definition) is 3. The minimum absolute atomic E-state index is 0.276. The van der Waals surface area contributed by atoms with E-state index >= 15 is 0 Å². The third kappa shape index (κ3) is 2.12. The van der Waals surface area contributed by atoms with Gasteiger partial charge in [0.15, 0.2) is 0 Å². The van der Waals surface area contributed by atoms with Gasteiger partial charge in [-0.25, -0.2) is 4.79 Å². The number of carbonyl (C=O) groups excluding carboxylic acids is 2. The molecule has 0 aromatic heterocycles. The van der Waals surface area contributed by atoms with Gasteiger partial charge in [0.25, 0.3) is 5.91 Å². The van der Waals surface area contributed by atoms with E-state index in [4.69, 9.17) is 4.74 Å². The number of likely N-dealkylation sites (N-methyl/N-ethyl adjacent to an activating group) is 1. The Morgan fingerprint density at radius 1 is 1.10 bits per heavy atom. The molecule has 0 spiro atoms. The van der Waals surface area contributed by atoms with E-state index in [2.05, 4.69) is 5.32 Å². The molecule has 0 radical (unpaired) electrons. The molecule has 2 aromatic carbocycles. The quantitative estimate of drug-likeness (QED) is 0.679. The molecule has 0 unspecified atom stereocenters. The van der Waals surface area contributed by atoms with Crippen LogP contribution in [0.2, 0.25) is 0 Å². The van der Waals surface area contributed by atoms with Gasteiger partial charge in [0.1, 0.15) is 11.4 Å². The Hall–Kier alpha value is -2.82. The number of nitrogens with zero attached hydrogens (tertiary/aromatic N) is 1. The van der Waals surface area contributed by atoms with Crippen LogP contribution in [0.3, 0.4) is 0 Å². The largest absolute Gasteiger partial charge is 0.496 e. The maximum absolute atomic E-state index is 11.9. The summed E-state index contributed by atoms with van der Waals surface area (Å²) in [6.45, 7) is 0. The first-order valence-electron chi connectivity index (χ1n) is 6.48. The number of hydrogen-bond donors (Lipinski definition) is 1. The predicted molar refractivity (Wildman–Crippen MR) is 79.8 cm³/mol. The molecule has 21 heavy (non-hydrogen) atoms. The summed E-state index contributed by atoms with van der Waals surface area (Å²) in [7, 11) is 3.07. The number of urea groups is 1. The van der Waals surface area contributed by atoms with E-state index < -0.39 is 6.03 Å². The third-order valence-electron chi connectivity index (χ3n) is 3.52. The van der Waals surface area contributed by atoms with Gasteiger partial charge in [-0.05, 0) is 23.1 Å². The van der Waals surface area contributed by atoms with Crippen molar-refractivity contribution in [3.63, 3.8) is 0 Å². The van der Waals surface area contributed by atoms with Crippen LogP contribution in [0.25, 0.3) is 16.8 Å². The monoisotopic (exact) mass is 282 g/mol. The molecule has 1 aliphatic rings. The predicted octanol–water partition coefficient (Wildman–Crippen LogP) is 2.37. The minimum Gasteiger partial charge on any atom is -0.496 e. The average molecular weight is 282 g/mol. The van der Waals surface area contributed by atoms with Crippen molar-refractivity contribution in [2.45, 2.75) is 0 Å². The highest BCUT2D eigenvalue weighted by molar-refractivity contribution is 6.14. The normalized spacial score (nSPS) is 16.7. The molecule has 1 saturated heterocycles. The van der Waals surface area contributed by atoms with Crippen molar-refractivity contribution in [2.75, 3.05) is 14.2 Å². The number of fused-ring (bicyclic) bond motifs is 1. The first-order chi connectivity index (χ1) is 10.1. The zero-order valence-electron chi connectivity index (χ0n) is 11.7. The van der Waals surface area contributed by atoms with Crippen LogP contribution in [0.15, 0.2) is 42.1 Å². The Morgan fingerprint density at radius 2 is 1.81 bits per heavy atom. The summed E-state index contributed by atoms with van der Waals surface area (Å²) in [5.74, 6) is 0.437. The summed E-state index contributed by atoms with van der Waals surface area (Å²) < 4.78 is 5.34. The first kappa shape index (κ1) is 13.2. The fourth-order valence-electron chi connectivity index (χ4n) is 2.38. The number of amides is 3. The average Bonchev–Trinajstić information content (AvgIpc) is 2.75. The second-order valence-electron chi connectivity index (χ2n) is 4.75. The van der Waals surface area contributed by atoms with Gasteiger partial charge in [0.2, 0.25) is 0 Å². The molecular weight excluding hydrogens is 268 g/mol. The van der Waals surface area contributed by atoms with Crippen molar-refractivity contribution < 1.29 is 14.3 Å². The van der Waals surface area contributed by atoms with E-state index in [9.17, 15) is 9.59 Å². The van der Waals surface area contributed by atoms with Gasteiger partial charge in [-0.2, -0.15) is 0 Å².